The standard InChI is InChI=1S/C22H34O4/c1-17(2)15-25-20(23)13-14-21(24)26-16-22(4,5)18(3)11-12-19-9-7-6-8-10-19/h6-10,17-18H,11-16H2,1-5H3. The Morgan fingerprint density at radius 2 is 1.54 bits per heavy atom. The molecule has 0 fully saturated rings. The molecular formula is C22H34O4. The minimum Gasteiger partial charge on any atom is -0.465 e. The van der Waals surface area contributed by atoms with Gasteiger partial charge in [-0.2, -0.15) is 0 Å². The van der Waals surface area contributed by atoms with Gasteiger partial charge in [-0.15, -0.1) is 0 Å². The predicted molar refractivity (Wildman–Crippen MR) is 104 cm³/mol. The SMILES string of the molecule is CC(C)COC(=O)CCC(=O)OCC(C)(C)C(C)CCc1ccccc1. The molecule has 1 aromatic carbocycles. The van der Waals surface area contributed by atoms with Crippen LogP contribution in [0, 0.1) is 17.3 Å². The van der Waals surface area contributed by atoms with E-state index in [-0.39, 0.29) is 30.2 Å². The van der Waals surface area contributed by atoms with Gasteiger partial charge in [0.15, 0.2) is 0 Å². The van der Waals surface area contributed by atoms with Gasteiger partial charge in [0.2, 0.25) is 0 Å². The van der Waals surface area contributed by atoms with E-state index < -0.39 is 0 Å². The number of carbonyl (C=O) groups excluding carboxylic acids is 2. The second-order valence-corrected chi connectivity index (χ2v) is 8.15. The largest absolute Gasteiger partial charge is 0.465 e. The number of carbonyl (C=O) groups is 2. The summed E-state index contributed by atoms with van der Waals surface area (Å²) in [5.41, 5.74) is 1.22. The smallest absolute Gasteiger partial charge is 0.306 e. The average molecular weight is 363 g/mol. The third kappa shape index (κ3) is 9.02. The molecule has 4 heteroatoms. The van der Waals surface area contributed by atoms with Gasteiger partial charge in [0, 0.05) is 5.41 Å². The number of hydrogen-bond acceptors (Lipinski definition) is 4. The topological polar surface area (TPSA) is 52.6 Å². The molecule has 0 bridgehead atoms. The highest BCUT2D eigenvalue weighted by atomic mass is 16.5. The lowest BCUT2D eigenvalue weighted by Gasteiger charge is -2.31. The lowest BCUT2D eigenvalue weighted by molar-refractivity contribution is -0.153. The van der Waals surface area contributed by atoms with Gasteiger partial charge in [-0.25, -0.2) is 0 Å². The van der Waals surface area contributed by atoms with Crippen LogP contribution in [0.2, 0.25) is 0 Å². The summed E-state index contributed by atoms with van der Waals surface area (Å²) in [5, 5.41) is 0. The Balaban J connectivity index is 2.29. The zero-order valence-electron chi connectivity index (χ0n) is 16.9. The summed E-state index contributed by atoms with van der Waals surface area (Å²) in [6, 6.07) is 10.4. The van der Waals surface area contributed by atoms with Crippen molar-refractivity contribution in [2.75, 3.05) is 13.2 Å². The molecule has 0 aliphatic rings. The second-order valence-electron chi connectivity index (χ2n) is 8.15. The Hall–Kier alpha value is -1.84. The highest BCUT2D eigenvalue weighted by Gasteiger charge is 2.27. The fourth-order valence-electron chi connectivity index (χ4n) is 2.44. The summed E-state index contributed by atoms with van der Waals surface area (Å²) in [6.07, 6.45) is 2.21. The second kappa shape index (κ2) is 11.0. The minimum atomic E-state index is -0.342. The normalized spacial score (nSPS) is 12.7. The molecule has 0 N–H and O–H groups in total. The first-order valence-electron chi connectivity index (χ1n) is 9.56. The van der Waals surface area contributed by atoms with Gasteiger partial charge in [-0.3, -0.25) is 9.59 Å². The summed E-state index contributed by atoms with van der Waals surface area (Å²) >= 11 is 0. The van der Waals surface area contributed by atoms with Crippen LogP contribution < -0.4 is 0 Å². The Morgan fingerprint density at radius 3 is 2.12 bits per heavy atom. The van der Waals surface area contributed by atoms with E-state index in [1.807, 2.05) is 19.9 Å². The van der Waals surface area contributed by atoms with Crippen LogP contribution in [0.4, 0.5) is 0 Å². The minimum absolute atomic E-state index is 0.0748. The summed E-state index contributed by atoms with van der Waals surface area (Å²) in [4.78, 5) is 23.5. The molecule has 0 aromatic heterocycles. The maximum atomic E-state index is 11.9. The van der Waals surface area contributed by atoms with Crippen LogP contribution >= 0.6 is 0 Å². The Kier molecular flexibility index (Phi) is 9.39. The summed E-state index contributed by atoms with van der Waals surface area (Å²) < 4.78 is 10.5. The van der Waals surface area contributed by atoms with Crippen LogP contribution in [0.1, 0.15) is 59.4 Å². The van der Waals surface area contributed by atoms with Gasteiger partial charge in [0.1, 0.15) is 0 Å². The predicted octanol–water partition coefficient (Wildman–Crippen LogP) is 4.80. The number of benzene rings is 1. The van der Waals surface area contributed by atoms with Crippen LogP contribution in [-0.2, 0) is 25.5 Å². The Labute approximate surface area is 158 Å². The Morgan fingerprint density at radius 1 is 0.962 bits per heavy atom. The van der Waals surface area contributed by atoms with Crippen molar-refractivity contribution in [3.8, 4) is 0 Å². The van der Waals surface area contributed by atoms with Crippen molar-refractivity contribution in [1.82, 2.24) is 0 Å². The maximum Gasteiger partial charge on any atom is 0.306 e. The average Bonchev–Trinajstić information content (AvgIpc) is 2.61. The molecule has 1 rings (SSSR count). The molecule has 0 aliphatic carbocycles. The molecule has 0 spiro atoms. The molecule has 1 unspecified atom stereocenters. The number of ether oxygens (including phenoxy) is 2. The maximum absolute atomic E-state index is 11.9. The first-order valence-corrected chi connectivity index (χ1v) is 9.56. The van der Waals surface area contributed by atoms with Crippen LogP contribution in [0.15, 0.2) is 30.3 Å². The molecule has 1 atom stereocenters. The van der Waals surface area contributed by atoms with Crippen LogP contribution in [0.3, 0.4) is 0 Å². The number of hydrogen-bond donors (Lipinski definition) is 0. The molecule has 0 amide bonds. The molecular weight excluding hydrogens is 328 g/mol. The van der Waals surface area contributed by atoms with Gasteiger partial charge in [0.25, 0.3) is 0 Å². The molecule has 0 saturated carbocycles. The van der Waals surface area contributed by atoms with E-state index in [2.05, 4.69) is 45.0 Å². The molecule has 146 valence electrons. The van der Waals surface area contributed by atoms with Crippen molar-refractivity contribution in [3.05, 3.63) is 35.9 Å². The first kappa shape index (κ1) is 22.2. The van der Waals surface area contributed by atoms with Gasteiger partial charge in [-0.05, 0) is 30.2 Å². The molecule has 0 aliphatic heterocycles. The number of rotatable bonds is 11. The fourth-order valence-corrected chi connectivity index (χ4v) is 2.44. The summed E-state index contributed by atoms with van der Waals surface area (Å²) in [5.74, 6) is 0.0246. The molecule has 1 aromatic rings. The molecule has 0 radical (unpaired) electrons. The van der Waals surface area contributed by atoms with Gasteiger partial charge in [-0.1, -0.05) is 65.0 Å². The van der Waals surface area contributed by atoms with Crippen molar-refractivity contribution in [2.45, 2.75) is 60.3 Å². The van der Waals surface area contributed by atoms with Gasteiger partial charge >= 0.3 is 11.9 Å². The first-order chi connectivity index (χ1) is 12.2. The van der Waals surface area contributed by atoms with Gasteiger partial charge in [0.05, 0.1) is 26.1 Å². The van der Waals surface area contributed by atoms with E-state index in [0.29, 0.717) is 25.0 Å². The lowest BCUT2D eigenvalue weighted by atomic mass is 9.78. The van der Waals surface area contributed by atoms with Crippen LogP contribution in [0.25, 0.3) is 0 Å². The van der Waals surface area contributed by atoms with E-state index in [9.17, 15) is 9.59 Å². The third-order valence-electron chi connectivity index (χ3n) is 4.76. The molecule has 0 saturated heterocycles. The quantitative estimate of drug-likeness (QED) is 0.530. The van der Waals surface area contributed by atoms with Crippen molar-refractivity contribution in [2.24, 2.45) is 17.3 Å². The van der Waals surface area contributed by atoms with Gasteiger partial charge < -0.3 is 9.47 Å². The van der Waals surface area contributed by atoms with Crippen molar-refractivity contribution in [3.63, 3.8) is 0 Å². The zero-order chi connectivity index (χ0) is 19.6. The zero-order valence-corrected chi connectivity index (χ0v) is 16.9. The van der Waals surface area contributed by atoms with Crippen LogP contribution in [-0.4, -0.2) is 25.2 Å². The van der Waals surface area contributed by atoms with E-state index in [0.717, 1.165) is 12.8 Å². The van der Waals surface area contributed by atoms with E-state index in [4.69, 9.17) is 9.47 Å². The number of esters is 2. The Bertz CT molecular complexity index is 549. The van der Waals surface area contributed by atoms with E-state index in [1.165, 1.54) is 5.56 Å². The molecule has 26 heavy (non-hydrogen) atoms. The van der Waals surface area contributed by atoms with Crippen molar-refractivity contribution >= 4 is 11.9 Å². The van der Waals surface area contributed by atoms with Crippen molar-refractivity contribution < 1.29 is 19.1 Å². The third-order valence-corrected chi connectivity index (χ3v) is 4.76. The van der Waals surface area contributed by atoms with E-state index >= 15 is 0 Å². The summed E-state index contributed by atoms with van der Waals surface area (Å²) in [7, 11) is 0. The number of aryl methyl sites for hydroxylation is 1. The molecule has 4 nitrogen and oxygen atoms in total. The highest BCUT2D eigenvalue weighted by molar-refractivity contribution is 5.77. The van der Waals surface area contributed by atoms with Crippen LogP contribution in [0.5, 0.6) is 0 Å². The fraction of sp³-hybridized carbons (Fsp3) is 0.636. The highest BCUT2D eigenvalue weighted by Crippen LogP contribution is 2.30. The van der Waals surface area contributed by atoms with E-state index in [1.54, 1.807) is 0 Å². The monoisotopic (exact) mass is 362 g/mol. The summed E-state index contributed by atoms with van der Waals surface area (Å²) in [6.45, 7) is 11.1. The molecule has 0 heterocycles. The lowest BCUT2D eigenvalue weighted by Crippen LogP contribution is -2.29. The van der Waals surface area contributed by atoms with Crippen molar-refractivity contribution in [1.29, 1.82) is 0 Å².